The second-order valence-electron chi connectivity index (χ2n) is 10.4. The van der Waals surface area contributed by atoms with E-state index < -0.39 is 22.9 Å². The average molecular weight is 638 g/mol. The van der Waals surface area contributed by atoms with Crippen molar-refractivity contribution in [2.75, 3.05) is 0 Å². The SMILES string of the molecule is CC1=Cc2ccccc2[CH]1[Hf+2][CH]1C(P(C(C)(C)C)C(C)(C)C)=Cc2ccccc21.[Cl-].[Cl-]. The second kappa shape index (κ2) is 9.97. The molecule has 0 saturated carbocycles. The second-order valence-corrected chi connectivity index (χ2v) is 19.6. The molecular weight excluding hydrogens is 605 g/mol. The Labute approximate surface area is 214 Å². The van der Waals surface area contributed by atoms with Crippen molar-refractivity contribution in [2.24, 2.45) is 0 Å². The number of halogens is 2. The van der Waals surface area contributed by atoms with Crippen LogP contribution in [-0.4, -0.2) is 10.3 Å². The summed E-state index contributed by atoms with van der Waals surface area (Å²) in [6, 6.07) is 18.4. The zero-order valence-electron chi connectivity index (χ0n) is 19.6. The minimum atomic E-state index is -1.07. The maximum Gasteiger partial charge on any atom is -1.00 e. The molecule has 2 unspecified atom stereocenters. The van der Waals surface area contributed by atoms with E-state index in [2.05, 4.69) is 109 Å². The predicted molar refractivity (Wildman–Crippen MR) is 126 cm³/mol. The van der Waals surface area contributed by atoms with Gasteiger partial charge in [-0.15, -0.1) is 0 Å². The van der Waals surface area contributed by atoms with Gasteiger partial charge in [-0.1, -0.05) is 0 Å². The van der Waals surface area contributed by atoms with Crippen LogP contribution in [0.25, 0.3) is 12.2 Å². The van der Waals surface area contributed by atoms with E-state index in [9.17, 15) is 0 Å². The third-order valence-corrected chi connectivity index (χ3v) is 17.8. The summed E-state index contributed by atoms with van der Waals surface area (Å²) in [6.07, 6.45) is 5.06. The summed E-state index contributed by atoms with van der Waals surface area (Å²) in [4.78, 5) is 0. The van der Waals surface area contributed by atoms with Gasteiger partial charge in [-0.05, 0) is 0 Å². The zero-order chi connectivity index (χ0) is 21.0. The molecule has 0 heterocycles. The number of rotatable bonds is 3. The monoisotopic (exact) mass is 638 g/mol. The molecule has 0 bridgehead atoms. The van der Waals surface area contributed by atoms with E-state index in [0.29, 0.717) is 10.3 Å². The maximum absolute atomic E-state index is 2.61. The van der Waals surface area contributed by atoms with Gasteiger partial charge < -0.3 is 24.8 Å². The number of hydrogen-bond acceptors (Lipinski definition) is 0. The molecule has 4 heteroatoms. The molecule has 2 atom stereocenters. The topological polar surface area (TPSA) is 0 Å². The van der Waals surface area contributed by atoms with Gasteiger partial charge in [0.15, 0.2) is 0 Å². The van der Waals surface area contributed by atoms with Gasteiger partial charge in [0.05, 0.1) is 0 Å². The summed E-state index contributed by atoms with van der Waals surface area (Å²) in [6.45, 7) is 17.2. The Balaban J connectivity index is 0.00000171. The first-order valence-electron chi connectivity index (χ1n) is 10.7. The Kier molecular flexibility index (Phi) is 8.70. The van der Waals surface area contributed by atoms with Crippen molar-refractivity contribution in [3.63, 3.8) is 0 Å². The molecule has 0 amide bonds. The van der Waals surface area contributed by atoms with E-state index in [1.807, 2.05) is 0 Å². The van der Waals surface area contributed by atoms with E-state index in [1.54, 1.807) is 22.0 Å². The van der Waals surface area contributed by atoms with Gasteiger partial charge in [0, 0.05) is 0 Å². The van der Waals surface area contributed by atoms with Crippen LogP contribution in [0.1, 0.15) is 78.1 Å². The molecular formula is C27H33Cl2HfP. The molecule has 0 N–H and O–H groups in total. The minimum absolute atomic E-state index is 0. The fraction of sp³-hybridized carbons (Fsp3) is 0.407. The number of fused-ring (bicyclic) bond motifs is 2. The van der Waals surface area contributed by atoms with Crippen molar-refractivity contribution in [3.8, 4) is 0 Å². The molecule has 4 rings (SSSR count). The van der Waals surface area contributed by atoms with Gasteiger partial charge in [0.2, 0.25) is 0 Å². The molecule has 0 fully saturated rings. The molecule has 164 valence electrons. The van der Waals surface area contributed by atoms with Crippen LogP contribution >= 0.6 is 7.92 Å². The van der Waals surface area contributed by atoms with Crippen molar-refractivity contribution in [1.29, 1.82) is 0 Å². The first-order chi connectivity index (χ1) is 13.6. The molecule has 2 aliphatic carbocycles. The summed E-state index contributed by atoms with van der Waals surface area (Å²) < 4.78 is 1.44. The Hall–Kier alpha value is -0.200. The Bertz CT molecular complexity index is 981. The van der Waals surface area contributed by atoms with E-state index in [-0.39, 0.29) is 32.7 Å². The summed E-state index contributed by atoms with van der Waals surface area (Å²) in [5.41, 5.74) is 7.80. The van der Waals surface area contributed by atoms with Crippen LogP contribution in [0.5, 0.6) is 0 Å². The molecule has 0 nitrogen and oxygen atoms in total. The largest absolute Gasteiger partial charge is 1.00 e. The van der Waals surface area contributed by atoms with Gasteiger partial charge in [-0.2, -0.15) is 0 Å². The molecule has 0 spiro atoms. The first-order valence-corrected chi connectivity index (χ1v) is 16.2. The van der Waals surface area contributed by atoms with Crippen molar-refractivity contribution in [1.82, 2.24) is 0 Å². The molecule has 2 aliphatic rings. The minimum Gasteiger partial charge on any atom is -1.00 e. The molecule has 0 aliphatic heterocycles. The smallest absolute Gasteiger partial charge is 1.00 e. The fourth-order valence-corrected chi connectivity index (χ4v) is 18.1. The number of hydrogen-bond donors (Lipinski definition) is 0. The molecule has 2 aromatic rings. The summed E-state index contributed by atoms with van der Waals surface area (Å²) >= 11 is -1.07. The van der Waals surface area contributed by atoms with Gasteiger partial charge >= 0.3 is 191 Å². The molecule has 31 heavy (non-hydrogen) atoms. The average Bonchev–Trinajstić information content (AvgIpc) is 3.11. The summed E-state index contributed by atoms with van der Waals surface area (Å²) in [5.74, 6) is 0. The summed E-state index contributed by atoms with van der Waals surface area (Å²) in [7, 11) is -0.241. The molecule has 0 saturated heterocycles. The van der Waals surface area contributed by atoms with Crippen LogP contribution in [0.3, 0.4) is 0 Å². The first kappa shape index (κ1) is 27.0. The van der Waals surface area contributed by atoms with Gasteiger partial charge in [0.1, 0.15) is 0 Å². The van der Waals surface area contributed by atoms with Crippen LogP contribution in [-0.2, 0) is 22.9 Å². The third-order valence-electron chi connectivity index (χ3n) is 5.98. The van der Waals surface area contributed by atoms with Crippen LogP contribution in [0.4, 0.5) is 0 Å². The maximum atomic E-state index is 2.61. The van der Waals surface area contributed by atoms with E-state index in [0.717, 1.165) is 7.35 Å². The van der Waals surface area contributed by atoms with Crippen molar-refractivity contribution >= 4 is 20.1 Å². The Morgan fingerprint density at radius 2 is 1.13 bits per heavy atom. The molecule has 0 radical (unpaired) electrons. The molecule has 0 aromatic heterocycles. The van der Waals surface area contributed by atoms with Gasteiger partial charge in [-0.25, -0.2) is 0 Å². The van der Waals surface area contributed by atoms with Gasteiger partial charge in [-0.3, -0.25) is 0 Å². The molecule has 2 aromatic carbocycles. The predicted octanol–water partition coefficient (Wildman–Crippen LogP) is 2.41. The summed E-state index contributed by atoms with van der Waals surface area (Å²) in [5, 5.41) is 2.44. The quantitative estimate of drug-likeness (QED) is 0.359. The Morgan fingerprint density at radius 1 is 0.677 bits per heavy atom. The standard InChI is InChI=1S/C17H24P.C10H9.2ClH.Hf/c1-16(2,3)18(17(4,5)6)15-11-13-9-7-8-10-14(13)12-15;1-8-6-9-4-2-3-5-10(9)7-8;;;/h7-12H,1-6H3;2-7H,1H3;2*1H;/q;;;;+2/p-2. The van der Waals surface area contributed by atoms with Crippen LogP contribution in [0, 0.1) is 0 Å². The fourth-order valence-electron chi connectivity index (χ4n) is 5.32. The zero-order valence-corrected chi connectivity index (χ0v) is 25.6. The Morgan fingerprint density at radius 3 is 1.65 bits per heavy atom. The van der Waals surface area contributed by atoms with Crippen LogP contribution in [0.15, 0.2) is 59.4 Å². The van der Waals surface area contributed by atoms with Crippen molar-refractivity contribution in [2.45, 2.75) is 66.1 Å². The third kappa shape index (κ3) is 5.32. The van der Waals surface area contributed by atoms with Crippen LogP contribution < -0.4 is 24.8 Å². The van der Waals surface area contributed by atoms with Crippen molar-refractivity contribution in [3.05, 3.63) is 81.7 Å². The van der Waals surface area contributed by atoms with Crippen molar-refractivity contribution < 1.29 is 47.7 Å². The van der Waals surface area contributed by atoms with Crippen LogP contribution in [0.2, 0.25) is 0 Å². The van der Waals surface area contributed by atoms with E-state index in [1.165, 1.54) is 11.1 Å². The van der Waals surface area contributed by atoms with E-state index >= 15 is 0 Å². The van der Waals surface area contributed by atoms with E-state index in [4.69, 9.17) is 0 Å². The number of benzene rings is 2. The normalized spacial score (nSPS) is 19.5. The number of allylic oxidation sites excluding steroid dienone is 2. The van der Waals surface area contributed by atoms with Gasteiger partial charge in [0.25, 0.3) is 0 Å².